The van der Waals surface area contributed by atoms with Gasteiger partial charge in [-0.3, -0.25) is 5.10 Å². The minimum Gasteiger partial charge on any atom is -0.496 e. The van der Waals surface area contributed by atoms with Crippen molar-refractivity contribution < 1.29 is 13.9 Å². The van der Waals surface area contributed by atoms with Crippen molar-refractivity contribution in [2.24, 2.45) is 0 Å². The third-order valence-electron chi connectivity index (χ3n) is 3.47. The van der Waals surface area contributed by atoms with Gasteiger partial charge >= 0.3 is 0 Å². The number of aromatic amines is 1. The topological polar surface area (TPSA) is 60.0 Å². The van der Waals surface area contributed by atoms with E-state index in [0.29, 0.717) is 27.5 Å². The summed E-state index contributed by atoms with van der Waals surface area (Å²) < 4.78 is 24.0. The van der Waals surface area contributed by atoms with E-state index >= 15 is 0 Å². The molecule has 1 heterocycles. The number of hydrogen-bond donors (Lipinski definition) is 1. The van der Waals surface area contributed by atoms with E-state index in [-0.39, 0.29) is 11.6 Å². The average Bonchev–Trinajstić information content (AvgIpc) is 3.09. The molecule has 0 aliphatic carbocycles. The summed E-state index contributed by atoms with van der Waals surface area (Å²) in [5.74, 6) is 1.57. The van der Waals surface area contributed by atoms with Gasteiger partial charge in [-0.05, 0) is 35.9 Å². The second kappa shape index (κ2) is 7.76. The van der Waals surface area contributed by atoms with Gasteiger partial charge in [-0.25, -0.2) is 9.37 Å². The van der Waals surface area contributed by atoms with Crippen molar-refractivity contribution in [3.63, 3.8) is 0 Å². The Morgan fingerprint density at radius 2 is 1.88 bits per heavy atom. The Balaban J connectivity index is 1.74. The summed E-state index contributed by atoms with van der Waals surface area (Å²) in [6.07, 6.45) is 0. The first-order chi connectivity index (χ1) is 12.1. The van der Waals surface area contributed by atoms with E-state index in [1.54, 1.807) is 31.4 Å². The summed E-state index contributed by atoms with van der Waals surface area (Å²) in [5.41, 5.74) is 1.54. The van der Waals surface area contributed by atoms with Gasteiger partial charge in [0.05, 0.1) is 19.8 Å². The van der Waals surface area contributed by atoms with Crippen LogP contribution >= 0.6 is 23.4 Å². The van der Waals surface area contributed by atoms with Gasteiger partial charge in [-0.15, -0.1) is 5.10 Å². The number of ether oxygens (including phenoxy) is 2. The molecule has 0 atom stereocenters. The highest BCUT2D eigenvalue weighted by Crippen LogP contribution is 2.31. The molecule has 0 unspecified atom stereocenters. The number of hydrogen-bond acceptors (Lipinski definition) is 5. The van der Waals surface area contributed by atoms with E-state index in [0.717, 1.165) is 11.1 Å². The molecule has 25 heavy (non-hydrogen) atoms. The van der Waals surface area contributed by atoms with Crippen LogP contribution in [-0.2, 0) is 5.75 Å². The van der Waals surface area contributed by atoms with Crippen molar-refractivity contribution in [1.82, 2.24) is 15.2 Å². The Labute approximate surface area is 153 Å². The predicted molar refractivity (Wildman–Crippen MR) is 95.9 cm³/mol. The highest BCUT2D eigenvalue weighted by molar-refractivity contribution is 7.98. The fraction of sp³-hybridized carbons (Fsp3) is 0.176. The SMILES string of the molecule is COc1ccc(CSc2n[nH]c(-c3cc(Cl)ccc3OC)n2)cc1F. The highest BCUT2D eigenvalue weighted by Gasteiger charge is 2.12. The Bertz CT molecular complexity index is 888. The van der Waals surface area contributed by atoms with Crippen LogP contribution in [0.1, 0.15) is 5.56 Å². The fourth-order valence-corrected chi connectivity index (χ4v) is 3.16. The molecule has 3 rings (SSSR count). The van der Waals surface area contributed by atoms with E-state index in [1.165, 1.54) is 24.9 Å². The van der Waals surface area contributed by atoms with Gasteiger partial charge in [0.25, 0.3) is 0 Å². The summed E-state index contributed by atoms with van der Waals surface area (Å²) >= 11 is 7.44. The molecule has 0 fully saturated rings. The molecule has 0 saturated heterocycles. The second-order valence-electron chi connectivity index (χ2n) is 5.07. The molecular weight excluding hydrogens is 365 g/mol. The molecule has 8 heteroatoms. The molecule has 0 aliphatic rings. The number of thioether (sulfide) groups is 1. The van der Waals surface area contributed by atoms with Gasteiger partial charge < -0.3 is 9.47 Å². The Morgan fingerprint density at radius 1 is 1.12 bits per heavy atom. The molecule has 5 nitrogen and oxygen atoms in total. The van der Waals surface area contributed by atoms with Gasteiger partial charge in [0.1, 0.15) is 5.75 Å². The highest BCUT2D eigenvalue weighted by atomic mass is 35.5. The van der Waals surface area contributed by atoms with Crippen LogP contribution in [0.25, 0.3) is 11.4 Å². The van der Waals surface area contributed by atoms with E-state index in [9.17, 15) is 4.39 Å². The lowest BCUT2D eigenvalue weighted by Gasteiger charge is -2.05. The fourth-order valence-electron chi connectivity index (χ4n) is 2.24. The number of nitrogens with one attached hydrogen (secondary N) is 1. The molecule has 0 bridgehead atoms. The lowest BCUT2D eigenvalue weighted by molar-refractivity contribution is 0.386. The lowest BCUT2D eigenvalue weighted by atomic mass is 10.2. The average molecular weight is 380 g/mol. The van der Waals surface area contributed by atoms with Crippen molar-refractivity contribution in [3.8, 4) is 22.9 Å². The lowest BCUT2D eigenvalue weighted by Crippen LogP contribution is -1.90. The zero-order valence-corrected chi connectivity index (χ0v) is 15.1. The van der Waals surface area contributed by atoms with Gasteiger partial charge in [-0.1, -0.05) is 29.4 Å². The number of methoxy groups -OCH3 is 2. The summed E-state index contributed by atoms with van der Waals surface area (Å²) in [6.45, 7) is 0. The number of rotatable bonds is 6. The predicted octanol–water partition coefficient (Wildman–Crippen LogP) is 4.57. The van der Waals surface area contributed by atoms with E-state index < -0.39 is 0 Å². The number of nitrogens with zero attached hydrogens (tertiary/aromatic N) is 2. The standard InChI is InChI=1S/C17H15ClFN3O2S/c1-23-14-6-4-11(18)8-12(14)16-20-17(22-21-16)25-9-10-3-5-15(24-2)13(19)7-10/h3-8H,9H2,1-2H3,(H,20,21,22). The summed E-state index contributed by atoms with van der Waals surface area (Å²) in [5, 5.41) is 8.18. The van der Waals surface area contributed by atoms with Crippen molar-refractivity contribution in [3.05, 3.63) is 52.8 Å². The molecule has 130 valence electrons. The quantitative estimate of drug-likeness (QED) is 0.635. The van der Waals surface area contributed by atoms with Crippen molar-refractivity contribution in [1.29, 1.82) is 0 Å². The largest absolute Gasteiger partial charge is 0.496 e. The number of H-pyrrole nitrogens is 1. The molecule has 1 N–H and O–H groups in total. The summed E-state index contributed by atoms with van der Waals surface area (Å²) in [6, 6.07) is 10.1. The molecule has 1 aromatic heterocycles. The molecule has 0 spiro atoms. The normalized spacial score (nSPS) is 10.7. The minimum atomic E-state index is -0.389. The van der Waals surface area contributed by atoms with E-state index in [1.807, 2.05) is 6.07 Å². The van der Waals surface area contributed by atoms with Crippen LogP contribution in [0.3, 0.4) is 0 Å². The third-order valence-corrected chi connectivity index (χ3v) is 4.62. The van der Waals surface area contributed by atoms with E-state index in [4.69, 9.17) is 21.1 Å². The van der Waals surface area contributed by atoms with Crippen molar-refractivity contribution >= 4 is 23.4 Å². The van der Waals surface area contributed by atoms with E-state index in [2.05, 4.69) is 15.2 Å². The molecule has 0 aliphatic heterocycles. The molecule has 3 aromatic rings. The molecular formula is C17H15ClFN3O2S. The zero-order valence-electron chi connectivity index (χ0n) is 13.5. The maximum Gasteiger partial charge on any atom is 0.209 e. The van der Waals surface area contributed by atoms with Crippen LogP contribution in [-0.4, -0.2) is 29.4 Å². The summed E-state index contributed by atoms with van der Waals surface area (Å²) in [4.78, 5) is 4.44. The van der Waals surface area contributed by atoms with Crippen LogP contribution in [0, 0.1) is 5.82 Å². The van der Waals surface area contributed by atoms with Crippen molar-refractivity contribution in [2.45, 2.75) is 10.9 Å². The molecule has 0 radical (unpaired) electrons. The Morgan fingerprint density at radius 3 is 2.60 bits per heavy atom. The summed E-state index contributed by atoms with van der Waals surface area (Å²) in [7, 11) is 3.02. The first-order valence-electron chi connectivity index (χ1n) is 7.32. The third kappa shape index (κ3) is 4.05. The maximum absolute atomic E-state index is 13.7. The molecule has 2 aromatic carbocycles. The van der Waals surface area contributed by atoms with Crippen LogP contribution in [0.15, 0.2) is 41.6 Å². The Kier molecular flexibility index (Phi) is 5.45. The van der Waals surface area contributed by atoms with Gasteiger partial charge in [0, 0.05) is 10.8 Å². The van der Waals surface area contributed by atoms with Crippen molar-refractivity contribution in [2.75, 3.05) is 14.2 Å². The first kappa shape index (κ1) is 17.6. The van der Waals surface area contributed by atoms with Crippen LogP contribution < -0.4 is 9.47 Å². The maximum atomic E-state index is 13.7. The monoisotopic (exact) mass is 379 g/mol. The van der Waals surface area contributed by atoms with Crippen LogP contribution in [0.5, 0.6) is 11.5 Å². The first-order valence-corrected chi connectivity index (χ1v) is 8.68. The second-order valence-corrected chi connectivity index (χ2v) is 6.45. The number of halogens is 2. The van der Waals surface area contributed by atoms with Gasteiger partial charge in [-0.2, -0.15) is 0 Å². The van der Waals surface area contributed by atoms with Gasteiger partial charge in [0.15, 0.2) is 17.4 Å². The zero-order chi connectivity index (χ0) is 17.8. The Hall–Kier alpha value is -2.25. The number of aromatic nitrogens is 3. The van der Waals surface area contributed by atoms with Crippen LogP contribution in [0.2, 0.25) is 5.02 Å². The molecule has 0 saturated carbocycles. The van der Waals surface area contributed by atoms with Gasteiger partial charge in [0.2, 0.25) is 5.16 Å². The smallest absolute Gasteiger partial charge is 0.209 e. The van der Waals surface area contributed by atoms with Crippen LogP contribution in [0.4, 0.5) is 4.39 Å². The molecule has 0 amide bonds. The minimum absolute atomic E-state index is 0.224. The number of benzene rings is 2.